The fourth-order valence-electron chi connectivity index (χ4n) is 2.77. The fraction of sp³-hybridized carbons (Fsp3) is 0.350. The van der Waals surface area contributed by atoms with Crippen LogP contribution in [0.25, 0.3) is 0 Å². The molecule has 0 aliphatic heterocycles. The van der Waals surface area contributed by atoms with Crippen molar-refractivity contribution in [3.05, 3.63) is 58.7 Å². The van der Waals surface area contributed by atoms with Gasteiger partial charge in [-0.15, -0.1) is 0 Å². The first kappa shape index (κ1) is 17.9. The molecule has 4 heteroatoms. The molecule has 2 aromatic rings. The second-order valence-electron chi connectivity index (χ2n) is 5.82. The second-order valence-corrected chi connectivity index (χ2v) is 5.82. The van der Waals surface area contributed by atoms with Crippen LogP contribution in [0.15, 0.2) is 36.4 Å². The number of para-hydroxylation sites is 1. The van der Waals surface area contributed by atoms with Crippen LogP contribution in [0.2, 0.25) is 0 Å². The summed E-state index contributed by atoms with van der Waals surface area (Å²) in [5.41, 5.74) is 3.87. The number of aryl methyl sites for hydroxylation is 2. The van der Waals surface area contributed by atoms with E-state index in [9.17, 15) is 9.90 Å². The lowest BCUT2D eigenvalue weighted by molar-refractivity contribution is -0.138. The zero-order chi connectivity index (χ0) is 17.7. The van der Waals surface area contributed by atoms with E-state index >= 15 is 0 Å². The molecule has 1 atom stereocenters. The first-order valence-electron chi connectivity index (χ1n) is 8.06. The van der Waals surface area contributed by atoms with Gasteiger partial charge in [-0.1, -0.05) is 30.3 Å². The topological polar surface area (TPSA) is 55.8 Å². The number of benzene rings is 2. The number of carbonyl (C=O) groups is 1. The molecule has 4 nitrogen and oxygen atoms in total. The Kier molecular flexibility index (Phi) is 5.85. The molecule has 2 rings (SSSR count). The first-order chi connectivity index (χ1) is 11.5. The minimum atomic E-state index is -0.845. The highest BCUT2D eigenvalue weighted by molar-refractivity contribution is 5.77. The zero-order valence-corrected chi connectivity index (χ0v) is 14.6. The Morgan fingerprint density at radius 2 is 1.92 bits per heavy atom. The maximum atomic E-state index is 11.8. The molecule has 0 amide bonds. The van der Waals surface area contributed by atoms with Gasteiger partial charge in [-0.3, -0.25) is 4.79 Å². The van der Waals surface area contributed by atoms with Crippen LogP contribution < -0.4 is 9.47 Å². The van der Waals surface area contributed by atoms with Gasteiger partial charge in [0.15, 0.2) is 11.5 Å². The molecule has 0 saturated heterocycles. The molecule has 0 spiro atoms. The summed E-state index contributed by atoms with van der Waals surface area (Å²) >= 11 is 0. The molecule has 0 bridgehead atoms. The molecule has 24 heavy (non-hydrogen) atoms. The lowest BCUT2D eigenvalue weighted by Gasteiger charge is -2.18. The fourth-order valence-corrected chi connectivity index (χ4v) is 2.77. The predicted molar refractivity (Wildman–Crippen MR) is 94.2 cm³/mol. The van der Waals surface area contributed by atoms with Gasteiger partial charge in [0.25, 0.3) is 0 Å². The molecule has 0 aliphatic carbocycles. The van der Waals surface area contributed by atoms with Crippen molar-refractivity contribution in [3.8, 4) is 11.5 Å². The van der Waals surface area contributed by atoms with Crippen LogP contribution in [0.4, 0.5) is 0 Å². The van der Waals surface area contributed by atoms with Gasteiger partial charge in [-0.25, -0.2) is 0 Å². The Hall–Kier alpha value is -2.49. The highest BCUT2D eigenvalue weighted by Gasteiger charge is 2.23. The van der Waals surface area contributed by atoms with Crippen molar-refractivity contribution in [2.45, 2.75) is 33.1 Å². The van der Waals surface area contributed by atoms with Crippen molar-refractivity contribution in [1.29, 1.82) is 0 Å². The minimum Gasteiger partial charge on any atom is -0.493 e. The molecule has 0 saturated carbocycles. The summed E-state index contributed by atoms with van der Waals surface area (Å²) in [5, 5.41) is 9.71. The number of rotatable bonds is 7. The summed E-state index contributed by atoms with van der Waals surface area (Å²) in [6.45, 7) is 6.44. The van der Waals surface area contributed by atoms with E-state index in [1.807, 2.05) is 57.2 Å². The molecule has 0 fully saturated rings. The van der Waals surface area contributed by atoms with Crippen LogP contribution in [0, 0.1) is 13.8 Å². The quantitative estimate of drug-likeness (QED) is 0.830. The highest BCUT2D eigenvalue weighted by atomic mass is 16.5. The summed E-state index contributed by atoms with van der Waals surface area (Å²) in [6.07, 6.45) is 0.349. The minimum absolute atomic E-state index is 0.349. The molecular formula is C20H24O4. The molecule has 128 valence electrons. The summed E-state index contributed by atoms with van der Waals surface area (Å²) < 4.78 is 11.0. The molecule has 0 aromatic heterocycles. The Labute approximate surface area is 143 Å². The average Bonchev–Trinajstić information content (AvgIpc) is 2.55. The van der Waals surface area contributed by atoms with Crippen LogP contribution in [-0.4, -0.2) is 24.8 Å². The third-order valence-corrected chi connectivity index (χ3v) is 4.22. The van der Waals surface area contributed by atoms with Crippen molar-refractivity contribution in [1.82, 2.24) is 0 Å². The van der Waals surface area contributed by atoms with E-state index in [4.69, 9.17) is 9.47 Å². The summed E-state index contributed by atoms with van der Waals surface area (Å²) in [4.78, 5) is 11.8. The van der Waals surface area contributed by atoms with Crippen molar-refractivity contribution in [3.63, 3.8) is 0 Å². The number of carboxylic acid groups (broad SMARTS) is 1. The van der Waals surface area contributed by atoms with E-state index < -0.39 is 11.9 Å². The maximum Gasteiger partial charge on any atom is 0.311 e. The number of hydrogen-bond acceptors (Lipinski definition) is 3. The van der Waals surface area contributed by atoms with Gasteiger partial charge in [-0.2, -0.15) is 0 Å². The Bertz CT molecular complexity index is 722. The molecule has 2 aromatic carbocycles. The Balaban J connectivity index is 2.39. The van der Waals surface area contributed by atoms with Gasteiger partial charge in [0.1, 0.15) is 0 Å². The molecule has 0 heterocycles. The largest absolute Gasteiger partial charge is 0.493 e. The SMILES string of the molecule is CCOc1cccc(CC(C(=O)O)c2ccc(C)c(C)c2)c1OC. The van der Waals surface area contributed by atoms with Crippen LogP contribution in [0.5, 0.6) is 11.5 Å². The lowest BCUT2D eigenvalue weighted by Crippen LogP contribution is -2.15. The first-order valence-corrected chi connectivity index (χ1v) is 8.06. The van der Waals surface area contributed by atoms with Crippen LogP contribution in [0.3, 0.4) is 0 Å². The van der Waals surface area contributed by atoms with Gasteiger partial charge < -0.3 is 14.6 Å². The number of aliphatic carboxylic acids is 1. The smallest absolute Gasteiger partial charge is 0.311 e. The summed E-state index contributed by atoms with van der Waals surface area (Å²) in [6, 6.07) is 11.4. The monoisotopic (exact) mass is 328 g/mol. The highest BCUT2D eigenvalue weighted by Crippen LogP contribution is 2.34. The van der Waals surface area contributed by atoms with E-state index in [1.165, 1.54) is 0 Å². The standard InChI is InChI=1S/C20H24O4/c1-5-24-18-8-6-7-16(19(18)23-4)12-17(20(21)22)15-10-9-13(2)14(3)11-15/h6-11,17H,5,12H2,1-4H3,(H,21,22). The summed E-state index contributed by atoms with van der Waals surface area (Å²) in [7, 11) is 1.58. The van der Waals surface area contributed by atoms with Crippen molar-refractivity contribution in [2.75, 3.05) is 13.7 Å². The average molecular weight is 328 g/mol. The summed E-state index contributed by atoms with van der Waals surface area (Å²) in [5.74, 6) is -0.228. The number of ether oxygens (including phenoxy) is 2. The van der Waals surface area contributed by atoms with Gasteiger partial charge in [0.2, 0.25) is 0 Å². The van der Waals surface area contributed by atoms with Gasteiger partial charge >= 0.3 is 5.97 Å². The molecular weight excluding hydrogens is 304 g/mol. The number of hydrogen-bond donors (Lipinski definition) is 1. The number of carboxylic acids is 1. The van der Waals surface area contributed by atoms with E-state index in [2.05, 4.69) is 0 Å². The molecule has 1 unspecified atom stereocenters. The van der Waals surface area contributed by atoms with Gasteiger partial charge in [0, 0.05) is 0 Å². The van der Waals surface area contributed by atoms with Crippen molar-refractivity contribution >= 4 is 5.97 Å². The van der Waals surface area contributed by atoms with Crippen LogP contribution >= 0.6 is 0 Å². The van der Waals surface area contributed by atoms with Crippen LogP contribution in [0.1, 0.15) is 35.1 Å². The van der Waals surface area contributed by atoms with Gasteiger partial charge in [-0.05, 0) is 55.5 Å². The zero-order valence-electron chi connectivity index (χ0n) is 14.6. The maximum absolute atomic E-state index is 11.8. The third-order valence-electron chi connectivity index (χ3n) is 4.22. The van der Waals surface area contributed by atoms with E-state index in [-0.39, 0.29) is 0 Å². The molecule has 0 aliphatic rings. The van der Waals surface area contributed by atoms with Crippen LogP contribution in [-0.2, 0) is 11.2 Å². The van der Waals surface area contributed by atoms with Crippen molar-refractivity contribution in [2.24, 2.45) is 0 Å². The third kappa shape index (κ3) is 3.88. The lowest BCUT2D eigenvalue weighted by atomic mass is 9.90. The van der Waals surface area contributed by atoms with E-state index in [1.54, 1.807) is 7.11 Å². The second kappa shape index (κ2) is 7.86. The molecule has 1 N–H and O–H groups in total. The van der Waals surface area contributed by atoms with E-state index in [0.717, 1.165) is 22.3 Å². The Morgan fingerprint density at radius 3 is 2.50 bits per heavy atom. The number of methoxy groups -OCH3 is 1. The predicted octanol–water partition coefficient (Wildman–Crippen LogP) is 4.12. The normalized spacial score (nSPS) is 11.8. The molecule has 0 radical (unpaired) electrons. The van der Waals surface area contributed by atoms with Gasteiger partial charge in [0.05, 0.1) is 19.6 Å². The van der Waals surface area contributed by atoms with E-state index in [0.29, 0.717) is 24.5 Å². The Morgan fingerprint density at radius 1 is 1.17 bits per heavy atom. The van der Waals surface area contributed by atoms with Crippen molar-refractivity contribution < 1.29 is 19.4 Å².